The number of nitrogens with zero attached hydrogens (tertiary/aromatic N) is 1. The molecule has 0 atom stereocenters. The van der Waals surface area contributed by atoms with E-state index < -0.39 is 21.9 Å². The Kier molecular flexibility index (Phi) is 6.49. The largest absolute Gasteiger partial charge is 0.465 e. The van der Waals surface area contributed by atoms with E-state index in [1.54, 1.807) is 43.3 Å². The first-order chi connectivity index (χ1) is 16.7. The maximum Gasteiger partial charge on any atom is 0.342 e. The molecular formula is C27H25NO6S. The van der Waals surface area contributed by atoms with Crippen molar-refractivity contribution in [1.29, 1.82) is 0 Å². The van der Waals surface area contributed by atoms with Crippen LogP contribution in [0.2, 0.25) is 0 Å². The molecule has 3 aromatic carbocycles. The fraction of sp³-hybridized carbons (Fsp3) is 0.185. The van der Waals surface area contributed by atoms with E-state index in [9.17, 15) is 18.0 Å². The van der Waals surface area contributed by atoms with Gasteiger partial charge in [0, 0.05) is 10.9 Å². The molecule has 7 nitrogen and oxygen atoms in total. The SMILES string of the molecule is CCc1ccc(S(=O)(=O)N(C(=O)c2ccc(C)cc2)c2ccc3oc(C)c(C(=O)OC)c3c2)cc1. The Labute approximate surface area is 204 Å². The number of carbonyl (C=O) groups excluding carboxylic acids is 2. The quantitative estimate of drug-likeness (QED) is 0.334. The Hall–Kier alpha value is -3.91. The zero-order valence-corrected chi connectivity index (χ0v) is 20.7. The van der Waals surface area contributed by atoms with Crippen LogP contribution in [0.5, 0.6) is 0 Å². The molecule has 0 aliphatic carbocycles. The van der Waals surface area contributed by atoms with Crippen LogP contribution in [0.15, 0.2) is 76.0 Å². The molecule has 0 N–H and O–H groups in total. The molecule has 35 heavy (non-hydrogen) atoms. The van der Waals surface area contributed by atoms with Gasteiger partial charge >= 0.3 is 5.97 Å². The predicted octanol–water partition coefficient (Wildman–Crippen LogP) is 5.43. The fourth-order valence-corrected chi connectivity index (χ4v) is 5.28. The summed E-state index contributed by atoms with van der Waals surface area (Å²) >= 11 is 0. The molecule has 8 heteroatoms. The van der Waals surface area contributed by atoms with Crippen LogP contribution in [0.1, 0.15) is 44.5 Å². The van der Waals surface area contributed by atoms with E-state index in [4.69, 9.17) is 9.15 Å². The van der Waals surface area contributed by atoms with E-state index in [0.717, 1.165) is 21.9 Å². The topological polar surface area (TPSA) is 93.9 Å². The highest BCUT2D eigenvalue weighted by molar-refractivity contribution is 7.93. The van der Waals surface area contributed by atoms with Gasteiger partial charge in [-0.15, -0.1) is 0 Å². The molecule has 0 unspecified atom stereocenters. The third kappa shape index (κ3) is 4.44. The lowest BCUT2D eigenvalue weighted by Crippen LogP contribution is -2.37. The second-order valence-corrected chi connectivity index (χ2v) is 9.93. The van der Waals surface area contributed by atoms with E-state index in [1.807, 2.05) is 13.8 Å². The molecule has 0 saturated heterocycles. The molecule has 0 saturated carbocycles. The van der Waals surface area contributed by atoms with E-state index >= 15 is 0 Å². The molecule has 4 rings (SSSR count). The first kappa shape index (κ1) is 24.2. The lowest BCUT2D eigenvalue weighted by atomic mass is 10.1. The number of benzene rings is 3. The average Bonchev–Trinajstić information content (AvgIpc) is 3.19. The zero-order chi connectivity index (χ0) is 25.3. The van der Waals surface area contributed by atoms with Crippen molar-refractivity contribution in [2.75, 3.05) is 11.4 Å². The second-order valence-electron chi connectivity index (χ2n) is 8.14. The molecule has 0 radical (unpaired) electrons. The number of amides is 1. The number of hydrogen-bond donors (Lipinski definition) is 0. The third-order valence-electron chi connectivity index (χ3n) is 5.82. The number of sulfonamides is 1. The molecule has 1 aromatic heterocycles. The fourth-order valence-electron chi connectivity index (χ4n) is 3.87. The number of hydrogen-bond acceptors (Lipinski definition) is 6. The van der Waals surface area contributed by atoms with Crippen LogP contribution < -0.4 is 4.31 Å². The number of esters is 1. The van der Waals surface area contributed by atoms with Gasteiger partial charge in [0.25, 0.3) is 15.9 Å². The van der Waals surface area contributed by atoms with E-state index in [-0.39, 0.29) is 21.7 Å². The Bertz CT molecular complexity index is 1520. The average molecular weight is 492 g/mol. The van der Waals surface area contributed by atoms with Gasteiger partial charge in [-0.25, -0.2) is 13.2 Å². The number of anilines is 1. The summed E-state index contributed by atoms with van der Waals surface area (Å²) in [6, 6.07) is 17.6. The van der Waals surface area contributed by atoms with E-state index in [1.165, 1.54) is 37.4 Å². The third-order valence-corrected chi connectivity index (χ3v) is 7.55. The van der Waals surface area contributed by atoms with Crippen molar-refractivity contribution in [2.45, 2.75) is 32.1 Å². The number of methoxy groups -OCH3 is 1. The van der Waals surface area contributed by atoms with Crippen LogP contribution in [-0.4, -0.2) is 27.4 Å². The van der Waals surface area contributed by atoms with Crippen LogP contribution in [-0.2, 0) is 21.2 Å². The van der Waals surface area contributed by atoms with Crippen molar-refractivity contribution >= 4 is 38.6 Å². The van der Waals surface area contributed by atoms with Crippen molar-refractivity contribution in [3.8, 4) is 0 Å². The minimum absolute atomic E-state index is 0.0215. The number of fused-ring (bicyclic) bond motifs is 1. The zero-order valence-electron chi connectivity index (χ0n) is 19.9. The number of furan rings is 1. The Balaban J connectivity index is 1.93. The van der Waals surface area contributed by atoms with Gasteiger partial charge in [0.2, 0.25) is 0 Å². The maximum absolute atomic E-state index is 13.8. The van der Waals surface area contributed by atoms with E-state index in [0.29, 0.717) is 16.7 Å². The highest BCUT2D eigenvalue weighted by Crippen LogP contribution is 2.33. The van der Waals surface area contributed by atoms with Gasteiger partial charge in [-0.1, -0.05) is 36.8 Å². The van der Waals surface area contributed by atoms with Gasteiger partial charge in [-0.3, -0.25) is 4.79 Å². The van der Waals surface area contributed by atoms with E-state index in [2.05, 4.69) is 0 Å². The van der Waals surface area contributed by atoms with Gasteiger partial charge < -0.3 is 9.15 Å². The molecule has 1 amide bonds. The van der Waals surface area contributed by atoms with Gasteiger partial charge in [-0.2, -0.15) is 4.31 Å². The van der Waals surface area contributed by atoms with Crippen LogP contribution >= 0.6 is 0 Å². The van der Waals surface area contributed by atoms with Gasteiger partial charge in [-0.05, 0) is 68.3 Å². The molecule has 0 bridgehead atoms. The lowest BCUT2D eigenvalue weighted by Gasteiger charge is -2.23. The van der Waals surface area contributed by atoms with Crippen LogP contribution in [0, 0.1) is 13.8 Å². The first-order valence-corrected chi connectivity index (χ1v) is 12.5. The summed E-state index contributed by atoms with van der Waals surface area (Å²) in [7, 11) is -3.05. The van der Waals surface area contributed by atoms with Gasteiger partial charge in [0.15, 0.2) is 0 Å². The summed E-state index contributed by atoms with van der Waals surface area (Å²) in [5, 5.41) is 0.352. The monoisotopic (exact) mass is 491 g/mol. The minimum Gasteiger partial charge on any atom is -0.465 e. The minimum atomic E-state index is -4.30. The lowest BCUT2D eigenvalue weighted by molar-refractivity contribution is 0.0600. The summed E-state index contributed by atoms with van der Waals surface area (Å²) in [6.45, 7) is 5.46. The van der Waals surface area contributed by atoms with Crippen molar-refractivity contribution < 1.29 is 27.2 Å². The van der Waals surface area contributed by atoms with Gasteiger partial charge in [0.1, 0.15) is 16.9 Å². The summed E-state index contributed by atoms with van der Waals surface area (Å²) < 4.78 is 38.9. The first-order valence-electron chi connectivity index (χ1n) is 11.0. The van der Waals surface area contributed by atoms with Gasteiger partial charge in [0.05, 0.1) is 17.7 Å². The molecule has 1 heterocycles. The van der Waals surface area contributed by atoms with Crippen molar-refractivity contribution in [3.05, 3.63) is 94.7 Å². The summed E-state index contributed by atoms with van der Waals surface area (Å²) in [6.07, 6.45) is 0.749. The molecule has 0 fully saturated rings. The molecule has 4 aromatic rings. The number of rotatable bonds is 6. The molecule has 0 spiro atoms. The molecular weight excluding hydrogens is 466 g/mol. The van der Waals surface area contributed by atoms with Crippen LogP contribution in [0.25, 0.3) is 11.0 Å². The number of carbonyl (C=O) groups is 2. The molecule has 0 aliphatic rings. The summed E-state index contributed by atoms with van der Waals surface area (Å²) in [5.74, 6) is -1.00. The number of ether oxygens (including phenoxy) is 1. The molecule has 180 valence electrons. The van der Waals surface area contributed by atoms with Crippen molar-refractivity contribution in [2.24, 2.45) is 0 Å². The standard InChI is InChI=1S/C27H25NO6S/c1-5-19-8-13-22(14-9-19)35(31,32)28(26(29)20-10-6-17(2)7-11-20)21-12-15-24-23(16-21)25(18(3)34-24)27(30)33-4/h6-16H,5H2,1-4H3. The summed E-state index contributed by atoms with van der Waals surface area (Å²) in [5.41, 5.74) is 2.74. The highest BCUT2D eigenvalue weighted by atomic mass is 32.2. The second kappa shape index (κ2) is 9.38. The van der Waals surface area contributed by atoms with Crippen molar-refractivity contribution in [3.63, 3.8) is 0 Å². The smallest absolute Gasteiger partial charge is 0.342 e. The number of aryl methyl sites for hydroxylation is 3. The van der Waals surface area contributed by atoms with Crippen LogP contribution in [0.3, 0.4) is 0 Å². The highest BCUT2D eigenvalue weighted by Gasteiger charge is 2.33. The van der Waals surface area contributed by atoms with Crippen LogP contribution in [0.4, 0.5) is 5.69 Å². The molecule has 0 aliphatic heterocycles. The Morgan fingerprint density at radius 3 is 2.20 bits per heavy atom. The maximum atomic E-state index is 13.8. The Morgan fingerprint density at radius 1 is 0.943 bits per heavy atom. The summed E-state index contributed by atoms with van der Waals surface area (Å²) in [4.78, 5) is 26.0. The predicted molar refractivity (Wildman–Crippen MR) is 133 cm³/mol. The Morgan fingerprint density at radius 2 is 1.60 bits per heavy atom. The van der Waals surface area contributed by atoms with Crippen molar-refractivity contribution in [1.82, 2.24) is 0 Å². The normalized spacial score (nSPS) is 11.4.